The monoisotopic (exact) mass is 1880 g/mol. The van der Waals surface area contributed by atoms with Crippen LogP contribution in [0.1, 0.15) is 136 Å². The highest BCUT2D eigenvalue weighted by atomic mass is 127. The number of halogens is 1. The number of aliphatic hydroxyl groups is 5. The van der Waals surface area contributed by atoms with E-state index in [1.165, 1.54) is 56.3 Å². The second-order valence-electron chi connectivity index (χ2n) is 31.0. The highest BCUT2D eigenvalue weighted by Gasteiger charge is 2.56. The van der Waals surface area contributed by atoms with Gasteiger partial charge in [-0.1, -0.05) is 111 Å². The number of ketones is 2. The normalized spacial score (nSPS) is 29.0. The summed E-state index contributed by atoms with van der Waals surface area (Å²) in [6.45, 7) is 20.4. The van der Waals surface area contributed by atoms with E-state index in [1.807, 2.05) is 50.3 Å². The van der Waals surface area contributed by atoms with Crippen molar-refractivity contribution in [2.24, 2.45) is 35.1 Å². The number of alkyl carbamates (subject to hydrolysis) is 2. The fourth-order valence-electron chi connectivity index (χ4n) is 14.8. The number of nitrogens with zero attached hydrogens (tertiary/aromatic N) is 1. The number of rotatable bonds is 38. The number of hydroxylamine groups is 1. The van der Waals surface area contributed by atoms with Gasteiger partial charge in [0.25, 0.3) is 0 Å². The van der Waals surface area contributed by atoms with Crippen LogP contribution in [-0.2, 0) is 78.0 Å². The molecule has 2 aromatic carbocycles. The number of hydrogen-bond donors (Lipinski definition) is 12. The molecule has 0 aromatic heterocycles. The molecule has 5 aliphatic rings. The minimum atomic E-state index is -1.82. The summed E-state index contributed by atoms with van der Waals surface area (Å²) in [4.78, 5) is 116. The Hall–Kier alpha value is -6.66. The molecule has 7 rings (SSSR count). The molecule has 14 N–H and O–H groups in total. The van der Waals surface area contributed by atoms with Gasteiger partial charge in [0.05, 0.1) is 96.6 Å². The number of ether oxygens (including phenoxy) is 13. The summed E-state index contributed by atoms with van der Waals surface area (Å²) in [5, 5.41) is 69.0. The number of primary amides is 1. The number of nitrogens with one attached hydrogen (secondary N) is 5. The fraction of sp³-hybridized carbons (Fsp3) is 0.663. The minimum absolute atomic E-state index is 0.00418. The number of benzene rings is 2. The molecule has 23 atom stereocenters. The van der Waals surface area contributed by atoms with E-state index in [0.29, 0.717) is 38.1 Å². The van der Waals surface area contributed by atoms with Gasteiger partial charge < -0.3 is 125 Å². The SMILES string of the molecule is CC#C/C=C\C#C[C@H](OC1OC(C)C(NOC2CC(O)C(SC(=O)c3c(C)c(I)c(OC4OC(C)C(O)C(OC)C4O)c(OC)c3OC)C(C)O2)C(O)C1OC1CC(OC)C(N(CC)C(=O)CNC(=O)OCc2ccc(NC(=O)[C@H](CCCNC(N)=O)CC(=O)[C@@H](N)C(C)C)cc2)CO1)C1/C(=C\CSSC(C)C)[C@](O)(C(C)C)CC(=O)C1NC(=O)OC. The van der Waals surface area contributed by atoms with Crippen molar-refractivity contribution in [2.45, 2.75) is 261 Å². The van der Waals surface area contributed by atoms with Crippen molar-refractivity contribution < 1.29 is 130 Å². The fourth-order valence-corrected chi connectivity index (χ4v) is 18.5. The van der Waals surface area contributed by atoms with E-state index in [2.05, 4.69) is 50.4 Å². The molecular formula is C83H121IN8O27S3. The van der Waals surface area contributed by atoms with Crippen LogP contribution in [0.4, 0.5) is 20.1 Å². The van der Waals surface area contributed by atoms with Crippen LogP contribution in [0.5, 0.6) is 17.2 Å². The van der Waals surface area contributed by atoms with Gasteiger partial charge in [-0.3, -0.25) is 28.8 Å². The van der Waals surface area contributed by atoms with Crippen molar-refractivity contribution in [1.29, 1.82) is 0 Å². The molecule has 4 heterocycles. The van der Waals surface area contributed by atoms with E-state index in [9.17, 15) is 63.9 Å². The Balaban J connectivity index is 1.12. The highest BCUT2D eigenvalue weighted by molar-refractivity contribution is 14.1. The summed E-state index contributed by atoms with van der Waals surface area (Å²) >= 11 is 2.77. The number of methoxy groups -OCH3 is 5. The van der Waals surface area contributed by atoms with Crippen LogP contribution >= 0.6 is 55.9 Å². The zero-order valence-electron chi connectivity index (χ0n) is 71.9. The van der Waals surface area contributed by atoms with E-state index in [1.54, 1.807) is 96.5 Å². The van der Waals surface area contributed by atoms with E-state index >= 15 is 0 Å². The Morgan fingerprint density at radius 1 is 0.828 bits per heavy atom. The third-order valence-electron chi connectivity index (χ3n) is 21.7. The molecule has 4 saturated heterocycles. The van der Waals surface area contributed by atoms with Crippen LogP contribution < -0.4 is 52.4 Å². The average molecular weight is 1890 g/mol. The zero-order chi connectivity index (χ0) is 90.1. The first-order valence-corrected chi connectivity index (χ1v) is 44.7. The molecule has 4 aliphatic heterocycles. The van der Waals surface area contributed by atoms with Gasteiger partial charge in [-0.2, -0.15) is 5.48 Å². The van der Waals surface area contributed by atoms with Gasteiger partial charge in [-0.25, -0.2) is 14.4 Å². The predicted octanol–water partition coefficient (Wildman–Crippen LogP) is 5.83. The summed E-state index contributed by atoms with van der Waals surface area (Å²) in [5.74, 6) is 7.47. The second-order valence-corrected chi connectivity index (χ2v) is 36.2. The minimum Gasteiger partial charge on any atom is -0.492 e. The summed E-state index contributed by atoms with van der Waals surface area (Å²) in [6, 6.07) is 1.49. The molecule has 1 aliphatic carbocycles. The summed E-state index contributed by atoms with van der Waals surface area (Å²) in [7, 11) is 9.68. The van der Waals surface area contributed by atoms with Crippen molar-refractivity contribution in [3.8, 4) is 40.9 Å². The van der Waals surface area contributed by atoms with E-state index in [-0.39, 0.29) is 91.7 Å². The molecule has 5 fully saturated rings. The van der Waals surface area contributed by atoms with Gasteiger partial charge in [0.2, 0.25) is 29.0 Å². The molecule has 39 heteroatoms. The molecule has 0 bridgehead atoms. The lowest BCUT2D eigenvalue weighted by Gasteiger charge is -2.49. The summed E-state index contributed by atoms with van der Waals surface area (Å²) in [5.41, 5.74) is 14.1. The second kappa shape index (κ2) is 48.9. The maximum atomic E-state index is 14.7. The van der Waals surface area contributed by atoms with Crippen molar-refractivity contribution in [1.82, 2.24) is 26.3 Å². The number of amides is 6. The Labute approximate surface area is 738 Å². The Morgan fingerprint density at radius 3 is 2.13 bits per heavy atom. The molecule has 2 aromatic rings. The summed E-state index contributed by atoms with van der Waals surface area (Å²) in [6.07, 6.45) is -16.2. The van der Waals surface area contributed by atoms with Crippen molar-refractivity contribution in [3.05, 3.63) is 68.3 Å². The lowest BCUT2D eigenvalue weighted by molar-refractivity contribution is -0.340. The number of urea groups is 1. The van der Waals surface area contributed by atoms with E-state index in [0.717, 1.165) is 18.9 Å². The lowest BCUT2D eigenvalue weighted by atomic mass is 9.64. The first-order chi connectivity index (χ1) is 57.9. The Morgan fingerprint density at radius 2 is 1.52 bits per heavy atom. The Bertz CT molecular complexity index is 4040. The van der Waals surface area contributed by atoms with Crippen molar-refractivity contribution in [3.63, 3.8) is 0 Å². The highest BCUT2D eigenvalue weighted by Crippen LogP contribution is 2.50. The third-order valence-corrected chi connectivity index (χ3v) is 27.1. The summed E-state index contributed by atoms with van der Waals surface area (Å²) < 4.78 is 79.6. The van der Waals surface area contributed by atoms with Gasteiger partial charge in [-0.05, 0) is 130 Å². The first kappa shape index (κ1) is 102. The molecule has 1 saturated carbocycles. The average Bonchev–Trinajstić information content (AvgIpc) is 0.706. The maximum Gasteiger partial charge on any atom is 0.407 e. The van der Waals surface area contributed by atoms with Crippen LogP contribution in [0.15, 0.2) is 48.1 Å². The number of aliphatic hydroxyl groups excluding tert-OH is 4. The van der Waals surface area contributed by atoms with Crippen molar-refractivity contribution >= 4 is 108 Å². The largest absolute Gasteiger partial charge is 0.492 e. The zero-order valence-corrected chi connectivity index (χ0v) is 76.5. The molecular weight excluding hydrogens is 1760 g/mol. The Kier molecular flexibility index (Phi) is 41.0. The van der Waals surface area contributed by atoms with E-state index < -0.39 is 199 Å². The number of carbonyl (C=O) groups excluding carboxylic acids is 8. The predicted molar refractivity (Wildman–Crippen MR) is 462 cm³/mol. The molecule has 680 valence electrons. The first-order valence-electron chi connectivity index (χ1n) is 40.4. The molecule has 35 nitrogen and oxygen atoms in total. The van der Waals surface area contributed by atoms with Gasteiger partial charge in [0.1, 0.15) is 55.8 Å². The number of thioether (sulfide) groups is 1. The lowest BCUT2D eigenvalue weighted by Crippen LogP contribution is -2.66. The number of allylic oxidation sites excluding steroid dienone is 2. The van der Waals surface area contributed by atoms with Crippen LogP contribution in [0.2, 0.25) is 0 Å². The quantitative estimate of drug-likeness (QED) is 0.00939. The number of nitrogens with two attached hydrogens (primary N) is 2. The maximum absolute atomic E-state index is 14.7. The van der Waals surface area contributed by atoms with Crippen molar-refractivity contribution in [2.75, 3.05) is 72.9 Å². The number of likely N-dealkylation sites (N-methyl/N-ethyl adjacent to an activating group) is 1. The van der Waals surface area contributed by atoms with Crippen LogP contribution in [0, 0.1) is 57.8 Å². The van der Waals surface area contributed by atoms with Gasteiger partial charge in [0.15, 0.2) is 41.9 Å². The molecule has 0 spiro atoms. The third kappa shape index (κ3) is 27.2. The number of Topliss-reactive ketones (excluding diaryl/α,β-unsaturated/α-hetero) is 2. The topological polar surface area (TPSA) is 482 Å². The smallest absolute Gasteiger partial charge is 0.407 e. The van der Waals surface area contributed by atoms with Gasteiger partial charge in [-0.15, -0.1) is 5.92 Å². The molecule has 122 heavy (non-hydrogen) atoms. The van der Waals surface area contributed by atoms with Crippen LogP contribution in [0.25, 0.3) is 0 Å². The van der Waals surface area contributed by atoms with Crippen LogP contribution in [0.3, 0.4) is 0 Å². The molecule has 6 amide bonds. The van der Waals surface area contributed by atoms with Crippen LogP contribution in [-0.4, -0.2) is 277 Å². The number of hydrogen-bond acceptors (Lipinski definition) is 32. The molecule has 19 unspecified atom stereocenters. The number of anilines is 1. The standard InChI is InChI=1S/C83H121IN8O27S3/c1-18-20-21-22-23-26-56(62-51(31-33-120-122-43(7)8)83(105,42(5)6)37-55(95)66(62)90-82(104)110-17)116-79-73(68(98)65(45(10)114-79)91-119-60-35-54(94)75(47(12)113-60)121-77(101)61-44(9)63(84)71(74(109-16)70(61)107-14)118-78-69(99)72(108-15)67(97)46(11)115-78)117-59-36-57(106-13)52(40-111-59)92(19-2)58(96)38-88-81(103)112-39-48-27-29-50(30-28-48)89-76(100)49(25-24-32-87-80(86)102)34-53(93)64(85)41(3)4/h21-22,27-31,41-43,45-47,49,52,54,56-57,59-60,62,64-69,72-73,75,78-79,91,94,97-99,105H,19,24-25,32-40,85H2,1-17H3,(H,88,103)(H,89,100)(H,90,104)(H3,86,87,102)/b22-21-,51-31+/t45?,46?,47?,49-,52?,54?,56+,57?,59?,60?,62?,64+,65?,66?,67?,68?,69?,72?,73?,75?,78?,79?,83-/m1/s1. The van der Waals surface area contributed by atoms with Gasteiger partial charge in [0, 0.05) is 81.5 Å². The van der Waals surface area contributed by atoms with Gasteiger partial charge >= 0.3 is 18.2 Å². The number of carbonyl (C=O) groups is 8. The molecule has 0 radical (unpaired) electrons. The van der Waals surface area contributed by atoms with E-state index in [4.69, 9.17) is 77.9 Å².